The molecule has 0 bridgehead atoms. The molecule has 40 heavy (non-hydrogen) atoms. The van der Waals surface area contributed by atoms with Crippen LogP contribution in [-0.4, -0.2) is 76.7 Å². The Morgan fingerprint density at radius 1 is 1.25 bits per heavy atom. The summed E-state index contributed by atoms with van der Waals surface area (Å²) < 4.78 is 12.1. The summed E-state index contributed by atoms with van der Waals surface area (Å²) in [5, 5.41) is 13.7. The molecule has 9 nitrogen and oxygen atoms in total. The molecule has 2 aromatic carbocycles. The van der Waals surface area contributed by atoms with Gasteiger partial charge in [0.15, 0.2) is 0 Å². The van der Waals surface area contributed by atoms with Gasteiger partial charge in [0.05, 0.1) is 24.9 Å². The zero-order valence-corrected chi connectivity index (χ0v) is 24.1. The van der Waals surface area contributed by atoms with Gasteiger partial charge in [0.2, 0.25) is 17.7 Å². The highest BCUT2D eigenvalue weighted by Gasteiger charge is 2.45. The van der Waals surface area contributed by atoms with Gasteiger partial charge in [-0.1, -0.05) is 54.1 Å². The fourth-order valence-electron chi connectivity index (χ4n) is 5.00. The van der Waals surface area contributed by atoms with Gasteiger partial charge in [-0.2, -0.15) is 0 Å². The van der Waals surface area contributed by atoms with Crippen LogP contribution >= 0.6 is 11.6 Å². The molecule has 0 spiro atoms. The number of likely N-dealkylation sites (tertiary alicyclic amines) is 1. The summed E-state index contributed by atoms with van der Waals surface area (Å²) >= 11 is 6.16. The lowest BCUT2D eigenvalue weighted by Crippen LogP contribution is -2.60. The van der Waals surface area contributed by atoms with E-state index in [1.54, 1.807) is 31.7 Å². The Bertz CT molecular complexity index is 1220. The van der Waals surface area contributed by atoms with Crippen molar-refractivity contribution in [2.75, 3.05) is 19.8 Å². The predicted octanol–water partition coefficient (Wildman–Crippen LogP) is 2.86. The molecule has 0 aliphatic carbocycles. The van der Waals surface area contributed by atoms with Gasteiger partial charge in [-0.3, -0.25) is 9.59 Å². The standard InChI is InChI=1S/C30H39ClN4O5/c1-20(39-17-21-9-5-4-6-10-21)25(33-28(38)29(2,3)32)27(37)35-14-8-13-24(35)26-34-30(18-36,19-40-26)16-22-11-7-12-23(31)15-22/h4-7,9-12,15,20,24-25,36H,8,13-14,16-19,32H2,1-3H3,(H,33,38)/t20?,24?,25?,30-/m0/s1. The van der Waals surface area contributed by atoms with E-state index >= 15 is 0 Å². The van der Waals surface area contributed by atoms with E-state index in [1.807, 2.05) is 48.5 Å². The lowest BCUT2D eigenvalue weighted by Gasteiger charge is -2.33. The van der Waals surface area contributed by atoms with Crippen LogP contribution in [0.3, 0.4) is 0 Å². The average molecular weight is 571 g/mol. The first kappa shape index (κ1) is 30.0. The highest BCUT2D eigenvalue weighted by Crippen LogP contribution is 2.30. The maximum atomic E-state index is 14.0. The second kappa shape index (κ2) is 12.7. The number of nitrogens with zero attached hydrogens (tertiary/aromatic N) is 2. The molecular weight excluding hydrogens is 532 g/mol. The lowest BCUT2D eigenvalue weighted by atomic mass is 9.93. The number of hydrogen-bond acceptors (Lipinski definition) is 7. The molecule has 1 fully saturated rings. The van der Waals surface area contributed by atoms with E-state index in [-0.39, 0.29) is 25.7 Å². The SMILES string of the molecule is CC(OCc1ccccc1)C(NC(=O)C(C)(C)N)C(=O)N1CCCC1C1=N[C@](CO)(Cc2cccc(Cl)c2)CO1. The minimum absolute atomic E-state index is 0.196. The summed E-state index contributed by atoms with van der Waals surface area (Å²) in [4.78, 5) is 33.4. The second-order valence-corrected chi connectivity index (χ2v) is 11.7. The summed E-state index contributed by atoms with van der Waals surface area (Å²) in [6.45, 7) is 5.71. The van der Waals surface area contributed by atoms with E-state index in [4.69, 9.17) is 31.8 Å². The topological polar surface area (TPSA) is 126 Å². The Morgan fingerprint density at radius 3 is 2.65 bits per heavy atom. The molecule has 4 rings (SSSR count). The number of halogens is 1. The largest absolute Gasteiger partial charge is 0.477 e. The Morgan fingerprint density at radius 2 is 1.98 bits per heavy atom. The van der Waals surface area contributed by atoms with Gasteiger partial charge in [0.25, 0.3) is 0 Å². The van der Waals surface area contributed by atoms with E-state index in [0.717, 1.165) is 17.5 Å². The maximum Gasteiger partial charge on any atom is 0.248 e. The smallest absolute Gasteiger partial charge is 0.248 e. The van der Waals surface area contributed by atoms with Crippen molar-refractivity contribution in [3.63, 3.8) is 0 Å². The van der Waals surface area contributed by atoms with Crippen LogP contribution < -0.4 is 11.1 Å². The van der Waals surface area contributed by atoms with Crippen molar-refractivity contribution in [1.82, 2.24) is 10.2 Å². The summed E-state index contributed by atoms with van der Waals surface area (Å²) in [5.74, 6) is -0.320. The molecule has 3 unspecified atom stereocenters. The first-order valence-corrected chi connectivity index (χ1v) is 14.0. The first-order chi connectivity index (χ1) is 19.0. The summed E-state index contributed by atoms with van der Waals surface area (Å²) in [5.41, 5.74) is 5.90. The van der Waals surface area contributed by atoms with Gasteiger partial charge in [0.1, 0.15) is 24.2 Å². The highest BCUT2D eigenvalue weighted by atomic mass is 35.5. The number of aliphatic imine (C=N–C) groups is 1. The van der Waals surface area contributed by atoms with Crippen LogP contribution in [0.2, 0.25) is 5.02 Å². The van der Waals surface area contributed by atoms with E-state index in [1.165, 1.54) is 0 Å². The molecule has 1 saturated heterocycles. The molecule has 4 atom stereocenters. The van der Waals surface area contributed by atoms with Crippen molar-refractivity contribution in [3.05, 3.63) is 70.7 Å². The molecule has 2 heterocycles. The third-order valence-corrected chi connectivity index (χ3v) is 7.57. The average Bonchev–Trinajstić information content (AvgIpc) is 3.58. The van der Waals surface area contributed by atoms with Crippen LogP contribution in [0.1, 0.15) is 44.7 Å². The summed E-state index contributed by atoms with van der Waals surface area (Å²) in [7, 11) is 0. The minimum atomic E-state index is -1.18. The quantitative estimate of drug-likeness (QED) is 0.381. The first-order valence-electron chi connectivity index (χ1n) is 13.6. The molecule has 0 radical (unpaired) electrons. The molecule has 2 aromatic rings. The van der Waals surface area contributed by atoms with Crippen molar-refractivity contribution in [2.24, 2.45) is 10.7 Å². The van der Waals surface area contributed by atoms with Crippen LogP contribution in [0.5, 0.6) is 0 Å². The number of ether oxygens (including phenoxy) is 2. The number of aliphatic hydroxyl groups excluding tert-OH is 1. The summed E-state index contributed by atoms with van der Waals surface area (Å²) in [6, 6.07) is 15.7. The Balaban J connectivity index is 1.53. The molecule has 2 amide bonds. The van der Waals surface area contributed by atoms with Crippen molar-refractivity contribution in [1.29, 1.82) is 0 Å². The van der Waals surface area contributed by atoms with Crippen molar-refractivity contribution < 1.29 is 24.2 Å². The number of benzene rings is 2. The number of amides is 2. The Kier molecular flexibility index (Phi) is 9.51. The van der Waals surface area contributed by atoms with Crippen LogP contribution in [0.15, 0.2) is 59.6 Å². The van der Waals surface area contributed by atoms with Gasteiger partial charge >= 0.3 is 0 Å². The fourth-order valence-corrected chi connectivity index (χ4v) is 5.22. The number of nitrogens with two attached hydrogens (primary N) is 1. The molecule has 10 heteroatoms. The van der Waals surface area contributed by atoms with Gasteiger partial charge in [-0.05, 0) is 56.9 Å². The Hall–Kier alpha value is -2.98. The molecular formula is C30H39ClN4O5. The van der Waals surface area contributed by atoms with E-state index in [2.05, 4.69) is 5.32 Å². The van der Waals surface area contributed by atoms with Crippen LogP contribution in [0.4, 0.5) is 0 Å². The molecule has 0 saturated carbocycles. The third-order valence-electron chi connectivity index (χ3n) is 7.34. The number of aliphatic hydroxyl groups is 1. The van der Waals surface area contributed by atoms with Crippen molar-refractivity contribution in [2.45, 2.75) is 75.9 Å². The molecule has 216 valence electrons. The van der Waals surface area contributed by atoms with E-state index in [9.17, 15) is 14.7 Å². The van der Waals surface area contributed by atoms with Gasteiger partial charge in [-0.15, -0.1) is 0 Å². The lowest BCUT2D eigenvalue weighted by molar-refractivity contribution is -0.142. The number of hydrogen-bond donors (Lipinski definition) is 3. The zero-order chi connectivity index (χ0) is 28.9. The zero-order valence-electron chi connectivity index (χ0n) is 23.3. The van der Waals surface area contributed by atoms with Gasteiger partial charge < -0.3 is 30.5 Å². The fraction of sp³-hybridized carbons (Fsp3) is 0.500. The van der Waals surface area contributed by atoms with E-state index in [0.29, 0.717) is 30.3 Å². The second-order valence-electron chi connectivity index (χ2n) is 11.3. The van der Waals surface area contributed by atoms with Crippen molar-refractivity contribution >= 4 is 29.3 Å². The Labute approximate surface area is 240 Å². The number of carbonyl (C=O) groups is 2. The minimum Gasteiger partial charge on any atom is -0.477 e. The third kappa shape index (κ3) is 7.20. The molecule has 4 N–H and O–H groups in total. The van der Waals surface area contributed by atoms with Gasteiger partial charge in [-0.25, -0.2) is 4.99 Å². The highest BCUT2D eigenvalue weighted by molar-refractivity contribution is 6.30. The van der Waals surface area contributed by atoms with Crippen LogP contribution in [0, 0.1) is 0 Å². The number of nitrogens with one attached hydrogen (secondary N) is 1. The van der Waals surface area contributed by atoms with Crippen LogP contribution in [0.25, 0.3) is 0 Å². The normalized spacial score (nSPS) is 22.4. The molecule has 2 aliphatic rings. The number of carbonyl (C=O) groups excluding carboxylic acids is 2. The monoisotopic (exact) mass is 570 g/mol. The predicted molar refractivity (Wildman–Crippen MR) is 154 cm³/mol. The van der Waals surface area contributed by atoms with E-state index < -0.39 is 35.2 Å². The maximum absolute atomic E-state index is 14.0. The molecule has 0 aromatic heterocycles. The molecule has 2 aliphatic heterocycles. The number of rotatable bonds is 11. The van der Waals surface area contributed by atoms with Gasteiger partial charge in [0, 0.05) is 18.0 Å². The summed E-state index contributed by atoms with van der Waals surface area (Å²) in [6.07, 6.45) is 1.22. The van der Waals surface area contributed by atoms with Crippen LogP contribution in [-0.2, 0) is 32.1 Å². The van der Waals surface area contributed by atoms with Crippen molar-refractivity contribution in [3.8, 4) is 0 Å².